The fraction of sp³-hybridized carbons (Fsp3) is 0.889. The third kappa shape index (κ3) is 4.09. The number of nitrogens with one attached hydrogen (secondary N) is 1. The second kappa shape index (κ2) is 5.60. The van der Waals surface area contributed by atoms with E-state index in [2.05, 4.69) is 21.2 Å². The monoisotopic (exact) mass is 249 g/mol. The molecule has 1 aliphatic rings. The van der Waals surface area contributed by atoms with Gasteiger partial charge in [-0.05, 0) is 18.8 Å². The predicted molar refractivity (Wildman–Crippen MR) is 54.9 cm³/mol. The highest BCUT2D eigenvalue weighted by Gasteiger charge is 2.26. The summed E-state index contributed by atoms with van der Waals surface area (Å²) in [6, 6.07) is 0. The maximum atomic E-state index is 11.1. The van der Waals surface area contributed by atoms with Gasteiger partial charge in [-0.15, -0.1) is 0 Å². The van der Waals surface area contributed by atoms with Gasteiger partial charge in [0.2, 0.25) is 5.91 Å². The number of rotatable bonds is 5. The van der Waals surface area contributed by atoms with Crippen molar-refractivity contribution in [2.45, 2.75) is 24.1 Å². The standard InChI is InChI=1S/C9H16BrNO2/c1-13-3-2-9(12)11-6-7-4-8(10)5-7/h7-8H,2-6H2,1H3,(H,11,12). The van der Waals surface area contributed by atoms with Crippen molar-refractivity contribution >= 4 is 21.8 Å². The van der Waals surface area contributed by atoms with E-state index in [4.69, 9.17) is 4.74 Å². The maximum Gasteiger partial charge on any atom is 0.222 e. The Morgan fingerprint density at radius 3 is 2.85 bits per heavy atom. The van der Waals surface area contributed by atoms with Gasteiger partial charge >= 0.3 is 0 Å². The highest BCUT2D eigenvalue weighted by atomic mass is 79.9. The minimum Gasteiger partial charge on any atom is -0.384 e. The largest absolute Gasteiger partial charge is 0.384 e. The van der Waals surface area contributed by atoms with Crippen LogP contribution in [0.25, 0.3) is 0 Å². The molecular formula is C9H16BrNO2. The Labute approximate surface area is 87.3 Å². The summed E-state index contributed by atoms with van der Waals surface area (Å²) in [7, 11) is 1.61. The quantitative estimate of drug-likeness (QED) is 0.747. The van der Waals surface area contributed by atoms with Gasteiger partial charge in [-0.1, -0.05) is 15.9 Å². The smallest absolute Gasteiger partial charge is 0.222 e. The third-order valence-corrected chi connectivity index (χ3v) is 3.05. The summed E-state index contributed by atoms with van der Waals surface area (Å²) >= 11 is 3.52. The molecule has 1 aliphatic carbocycles. The molecule has 0 radical (unpaired) electrons. The minimum atomic E-state index is 0.0971. The van der Waals surface area contributed by atoms with Gasteiger partial charge in [0, 0.05) is 24.9 Å². The number of carbonyl (C=O) groups is 1. The van der Waals surface area contributed by atoms with Crippen molar-refractivity contribution in [3.63, 3.8) is 0 Å². The summed E-state index contributed by atoms with van der Waals surface area (Å²) in [5, 5.41) is 2.90. The van der Waals surface area contributed by atoms with E-state index in [-0.39, 0.29) is 5.91 Å². The van der Waals surface area contributed by atoms with Crippen LogP contribution in [0.1, 0.15) is 19.3 Å². The molecule has 0 aromatic carbocycles. The van der Waals surface area contributed by atoms with Crippen molar-refractivity contribution in [2.75, 3.05) is 20.3 Å². The second-order valence-electron chi connectivity index (χ2n) is 3.48. The number of halogens is 1. The lowest BCUT2D eigenvalue weighted by Crippen LogP contribution is -2.36. The van der Waals surface area contributed by atoms with Crippen LogP contribution in [-0.2, 0) is 9.53 Å². The van der Waals surface area contributed by atoms with E-state index in [0.29, 0.717) is 23.8 Å². The van der Waals surface area contributed by atoms with Crippen molar-refractivity contribution in [3.8, 4) is 0 Å². The maximum absolute atomic E-state index is 11.1. The van der Waals surface area contributed by atoms with Crippen LogP contribution in [-0.4, -0.2) is 31.0 Å². The Morgan fingerprint density at radius 2 is 2.31 bits per heavy atom. The topological polar surface area (TPSA) is 38.3 Å². The molecule has 0 heterocycles. The fourth-order valence-corrected chi connectivity index (χ4v) is 2.42. The molecule has 0 unspecified atom stereocenters. The molecule has 0 aromatic heterocycles. The zero-order valence-corrected chi connectivity index (χ0v) is 9.47. The Kier molecular flexibility index (Phi) is 4.73. The average Bonchev–Trinajstić information content (AvgIpc) is 2.07. The van der Waals surface area contributed by atoms with Crippen LogP contribution in [0.2, 0.25) is 0 Å². The van der Waals surface area contributed by atoms with Gasteiger partial charge in [-0.3, -0.25) is 4.79 Å². The van der Waals surface area contributed by atoms with Crippen molar-refractivity contribution < 1.29 is 9.53 Å². The Hall–Kier alpha value is -0.0900. The van der Waals surface area contributed by atoms with Crippen molar-refractivity contribution in [2.24, 2.45) is 5.92 Å². The molecule has 0 bridgehead atoms. The van der Waals surface area contributed by atoms with Crippen LogP contribution < -0.4 is 5.32 Å². The number of ether oxygens (including phenoxy) is 1. The van der Waals surface area contributed by atoms with E-state index in [0.717, 1.165) is 6.54 Å². The number of hydrogen-bond acceptors (Lipinski definition) is 2. The Bertz CT molecular complexity index is 169. The first-order valence-corrected chi connectivity index (χ1v) is 5.53. The normalized spacial score (nSPS) is 26.6. The first kappa shape index (κ1) is 11.0. The van der Waals surface area contributed by atoms with Crippen LogP contribution in [0, 0.1) is 5.92 Å². The van der Waals surface area contributed by atoms with E-state index in [9.17, 15) is 4.79 Å². The molecule has 1 N–H and O–H groups in total. The molecule has 1 amide bonds. The highest BCUT2D eigenvalue weighted by Crippen LogP contribution is 2.32. The van der Waals surface area contributed by atoms with Crippen LogP contribution in [0.4, 0.5) is 0 Å². The molecule has 0 aliphatic heterocycles. The Morgan fingerprint density at radius 1 is 1.62 bits per heavy atom. The molecule has 3 nitrogen and oxygen atoms in total. The zero-order valence-electron chi connectivity index (χ0n) is 7.88. The molecular weight excluding hydrogens is 234 g/mol. The summed E-state index contributed by atoms with van der Waals surface area (Å²) in [6.45, 7) is 1.34. The van der Waals surface area contributed by atoms with Gasteiger partial charge in [-0.2, -0.15) is 0 Å². The number of methoxy groups -OCH3 is 1. The van der Waals surface area contributed by atoms with Gasteiger partial charge in [0.15, 0.2) is 0 Å². The second-order valence-corrected chi connectivity index (χ2v) is 4.78. The summed E-state index contributed by atoms with van der Waals surface area (Å²) in [4.78, 5) is 11.8. The van der Waals surface area contributed by atoms with Crippen LogP contribution >= 0.6 is 15.9 Å². The third-order valence-electron chi connectivity index (χ3n) is 2.30. The van der Waals surface area contributed by atoms with Crippen molar-refractivity contribution in [1.82, 2.24) is 5.32 Å². The van der Waals surface area contributed by atoms with Crippen LogP contribution in [0.15, 0.2) is 0 Å². The van der Waals surface area contributed by atoms with Crippen LogP contribution in [0.5, 0.6) is 0 Å². The lowest BCUT2D eigenvalue weighted by atomic mass is 9.85. The SMILES string of the molecule is COCCC(=O)NCC1CC(Br)C1. The first-order valence-electron chi connectivity index (χ1n) is 4.62. The number of hydrogen-bond donors (Lipinski definition) is 1. The summed E-state index contributed by atoms with van der Waals surface area (Å²) < 4.78 is 4.81. The fourth-order valence-electron chi connectivity index (χ4n) is 1.36. The molecule has 0 spiro atoms. The number of amides is 1. The van der Waals surface area contributed by atoms with Gasteiger partial charge in [0.05, 0.1) is 6.61 Å². The molecule has 1 fully saturated rings. The van der Waals surface area contributed by atoms with E-state index in [1.807, 2.05) is 0 Å². The molecule has 4 heteroatoms. The van der Waals surface area contributed by atoms with E-state index >= 15 is 0 Å². The average molecular weight is 250 g/mol. The number of carbonyl (C=O) groups excluding carboxylic acids is 1. The number of alkyl halides is 1. The molecule has 1 saturated carbocycles. The molecule has 13 heavy (non-hydrogen) atoms. The predicted octanol–water partition coefficient (Wildman–Crippen LogP) is 1.31. The minimum absolute atomic E-state index is 0.0971. The van der Waals surface area contributed by atoms with Gasteiger partial charge < -0.3 is 10.1 Å². The van der Waals surface area contributed by atoms with Crippen molar-refractivity contribution in [1.29, 1.82) is 0 Å². The lowest BCUT2D eigenvalue weighted by Gasteiger charge is -2.31. The summed E-state index contributed by atoms with van der Waals surface area (Å²) in [6.07, 6.45) is 2.84. The molecule has 0 aromatic rings. The van der Waals surface area contributed by atoms with Gasteiger partial charge in [0.1, 0.15) is 0 Å². The van der Waals surface area contributed by atoms with E-state index in [1.165, 1.54) is 12.8 Å². The molecule has 0 saturated heterocycles. The Balaban J connectivity index is 1.96. The summed E-state index contributed by atoms with van der Waals surface area (Å²) in [5.41, 5.74) is 0. The molecule has 0 atom stereocenters. The van der Waals surface area contributed by atoms with E-state index in [1.54, 1.807) is 7.11 Å². The first-order chi connectivity index (χ1) is 6.22. The van der Waals surface area contributed by atoms with Crippen LogP contribution in [0.3, 0.4) is 0 Å². The summed E-state index contributed by atoms with van der Waals surface area (Å²) in [5.74, 6) is 0.774. The van der Waals surface area contributed by atoms with Gasteiger partial charge in [0.25, 0.3) is 0 Å². The van der Waals surface area contributed by atoms with Crippen molar-refractivity contribution in [3.05, 3.63) is 0 Å². The highest BCUT2D eigenvalue weighted by molar-refractivity contribution is 9.09. The lowest BCUT2D eigenvalue weighted by molar-refractivity contribution is -0.122. The van der Waals surface area contributed by atoms with Gasteiger partial charge in [-0.25, -0.2) is 0 Å². The zero-order chi connectivity index (χ0) is 9.68. The molecule has 76 valence electrons. The molecule has 1 rings (SSSR count). The van der Waals surface area contributed by atoms with E-state index < -0.39 is 0 Å².